The molecule has 0 atom stereocenters. The first-order valence-electron chi connectivity index (χ1n) is 8.09. The third-order valence-corrected chi connectivity index (χ3v) is 5.17. The molecule has 3 rings (SSSR count). The molecule has 0 aliphatic carbocycles. The van der Waals surface area contributed by atoms with Crippen LogP contribution < -0.4 is 10.2 Å². The molecule has 0 bridgehead atoms. The number of methoxy groups -OCH3 is 1. The van der Waals surface area contributed by atoms with Gasteiger partial charge in [0.2, 0.25) is 0 Å². The van der Waals surface area contributed by atoms with Gasteiger partial charge in [-0.2, -0.15) is 18.2 Å². The Morgan fingerprint density at radius 2 is 1.90 bits per heavy atom. The van der Waals surface area contributed by atoms with Gasteiger partial charge < -0.3 is 4.74 Å². The van der Waals surface area contributed by atoms with Gasteiger partial charge in [0.25, 0.3) is 11.8 Å². The molecule has 0 unspecified atom stereocenters. The fourth-order valence-corrected chi connectivity index (χ4v) is 3.61. The van der Waals surface area contributed by atoms with E-state index < -0.39 is 23.6 Å². The number of hydrogen-bond acceptors (Lipinski definition) is 5. The summed E-state index contributed by atoms with van der Waals surface area (Å²) in [5.74, 6) is -0.625. The van der Waals surface area contributed by atoms with Crippen LogP contribution in [0.1, 0.15) is 21.5 Å². The van der Waals surface area contributed by atoms with Crippen LogP contribution in [0.15, 0.2) is 53.4 Å². The summed E-state index contributed by atoms with van der Waals surface area (Å²) in [6.07, 6.45) is -3.19. The predicted octanol–water partition coefficient (Wildman–Crippen LogP) is 4.26. The summed E-state index contributed by atoms with van der Waals surface area (Å²) >= 11 is 6.00. The van der Waals surface area contributed by atoms with Crippen molar-refractivity contribution in [2.75, 3.05) is 7.11 Å². The Balaban J connectivity index is 1.77. The van der Waals surface area contributed by atoms with E-state index in [2.05, 4.69) is 5.43 Å². The quantitative estimate of drug-likeness (QED) is 0.571. The Kier molecular flexibility index (Phi) is 5.94. The van der Waals surface area contributed by atoms with Crippen LogP contribution in [0.2, 0.25) is 0 Å². The molecule has 2 aromatic carbocycles. The number of nitrogens with one attached hydrogen (secondary N) is 1. The lowest BCUT2D eigenvalue weighted by molar-refractivity contribution is -0.137. The van der Waals surface area contributed by atoms with Crippen LogP contribution in [0, 0.1) is 0 Å². The fraction of sp³-hybridized carbons (Fsp3) is 0.105. The van der Waals surface area contributed by atoms with E-state index in [0.29, 0.717) is 5.75 Å². The van der Waals surface area contributed by atoms with Crippen molar-refractivity contribution in [2.45, 2.75) is 6.18 Å². The van der Waals surface area contributed by atoms with Gasteiger partial charge in [-0.1, -0.05) is 23.9 Å². The van der Waals surface area contributed by atoms with Crippen molar-refractivity contribution in [3.05, 3.63) is 70.1 Å². The Morgan fingerprint density at radius 3 is 2.52 bits per heavy atom. The number of rotatable bonds is 4. The molecule has 1 N–H and O–H groups in total. The van der Waals surface area contributed by atoms with E-state index in [-0.39, 0.29) is 20.4 Å². The fourth-order valence-electron chi connectivity index (χ4n) is 2.43. The van der Waals surface area contributed by atoms with Crippen molar-refractivity contribution in [2.24, 2.45) is 0 Å². The summed E-state index contributed by atoms with van der Waals surface area (Å²) in [6, 6.07) is 10.8. The first kappa shape index (κ1) is 20.9. The SMILES string of the molecule is COc1ccc(C(=O)NN2C(=O)/C(=C\c3cccc(C(F)(F)F)c3)SC2=S)cc1. The zero-order valence-electron chi connectivity index (χ0n) is 14.8. The lowest BCUT2D eigenvalue weighted by Crippen LogP contribution is -2.44. The van der Waals surface area contributed by atoms with Crippen molar-refractivity contribution in [3.63, 3.8) is 0 Å². The lowest BCUT2D eigenvalue weighted by atomic mass is 10.1. The number of thioether (sulfide) groups is 1. The molecule has 29 heavy (non-hydrogen) atoms. The molecule has 10 heteroatoms. The van der Waals surface area contributed by atoms with Gasteiger partial charge in [-0.05, 0) is 60.3 Å². The van der Waals surface area contributed by atoms with Gasteiger partial charge in [0.05, 0.1) is 17.6 Å². The van der Waals surface area contributed by atoms with Crippen LogP contribution in [-0.4, -0.2) is 28.3 Å². The molecule has 2 aromatic rings. The van der Waals surface area contributed by atoms with Gasteiger partial charge in [0.15, 0.2) is 4.32 Å². The monoisotopic (exact) mass is 438 g/mol. The average Bonchev–Trinajstić information content (AvgIpc) is 2.95. The molecule has 2 amide bonds. The standard InChI is InChI=1S/C19H13F3N2O3S2/c1-27-14-7-5-12(6-8-14)16(25)23-24-17(26)15(29-18(24)28)10-11-3-2-4-13(9-11)19(20,21)22/h2-10H,1H3,(H,23,25)/b15-10+. The molecule has 0 spiro atoms. The van der Waals surface area contributed by atoms with Crippen molar-refractivity contribution >= 4 is 46.2 Å². The number of alkyl halides is 3. The maximum absolute atomic E-state index is 12.9. The van der Waals surface area contributed by atoms with Crippen LogP contribution >= 0.6 is 24.0 Å². The highest BCUT2D eigenvalue weighted by atomic mass is 32.2. The topological polar surface area (TPSA) is 58.6 Å². The highest BCUT2D eigenvalue weighted by Gasteiger charge is 2.34. The number of carbonyl (C=O) groups is 2. The Labute approximate surface area is 173 Å². The van der Waals surface area contributed by atoms with Crippen LogP contribution in [0.5, 0.6) is 5.75 Å². The predicted molar refractivity (Wildman–Crippen MR) is 107 cm³/mol. The van der Waals surface area contributed by atoms with E-state index in [1.807, 2.05) is 0 Å². The zero-order chi connectivity index (χ0) is 21.2. The number of halogens is 3. The highest BCUT2D eigenvalue weighted by molar-refractivity contribution is 8.26. The first-order chi connectivity index (χ1) is 13.7. The summed E-state index contributed by atoms with van der Waals surface area (Å²) in [7, 11) is 1.49. The van der Waals surface area contributed by atoms with E-state index in [0.717, 1.165) is 28.9 Å². The van der Waals surface area contributed by atoms with Crippen LogP contribution in [0.3, 0.4) is 0 Å². The number of ether oxygens (including phenoxy) is 1. The smallest absolute Gasteiger partial charge is 0.416 e. The average molecular weight is 438 g/mol. The third kappa shape index (κ3) is 4.77. The Hall–Kier alpha value is -2.85. The zero-order valence-corrected chi connectivity index (χ0v) is 16.5. The largest absolute Gasteiger partial charge is 0.497 e. The molecule has 1 heterocycles. The summed E-state index contributed by atoms with van der Waals surface area (Å²) in [6.45, 7) is 0. The van der Waals surface area contributed by atoms with Gasteiger partial charge >= 0.3 is 6.18 Å². The maximum atomic E-state index is 12.9. The minimum atomic E-state index is -4.49. The lowest BCUT2D eigenvalue weighted by Gasteiger charge is -2.15. The van der Waals surface area contributed by atoms with Crippen LogP contribution in [-0.2, 0) is 11.0 Å². The van der Waals surface area contributed by atoms with Crippen molar-refractivity contribution < 1.29 is 27.5 Å². The van der Waals surface area contributed by atoms with Gasteiger partial charge in [-0.25, -0.2) is 0 Å². The van der Waals surface area contributed by atoms with E-state index in [1.54, 1.807) is 12.1 Å². The molecular formula is C19H13F3N2O3S2. The van der Waals surface area contributed by atoms with Crippen LogP contribution in [0.25, 0.3) is 6.08 Å². The van der Waals surface area contributed by atoms with E-state index in [4.69, 9.17) is 17.0 Å². The number of nitrogens with zero attached hydrogens (tertiary/aromatic N) is 1. The van der Waals surface area contributed by atoms with Gasteiger partial charge in [0.1, 0.15) is 5.75 Å². The molecule has 150 valence electrons. The molecular weight excluding hydrogens is 425 g/mol. The first-order valence-corrected chi connectivity index (χ1v) is 9.32. The molecule has 1 fully saturated rings. The maximum Gasteiger partial charge on any atom is 0.416 e. The molecule has 0 aromatic heterocycles. The molecule has 1 aliphatic heterocycles. The number of amides is 2. The summed E-state index contributed by atoms with van der Waals surface area (Å²) in [5, 5.41) is 0.895. The van der Waals surface area contributed by atoms with Gasteiger partial charge in [-0.3, -0.25) is 15.0 Å². The number of hydrazine groups is 1. The third-order valence-electron chi connectivity index (χ3n) is 3.87. The second-order valence-corrected chi connectivity index (χ2v) is 7.49. The molecule has 5 nitrogen and oxygen atoms in total. The van der Waals surface area contributed by atoms with Crippen molar-refractivity contribution in [3.8, 4) is 5.75 Å². The molecule has 0 saturated carbocycles. The van der Waals surface area contributed by atoms with E-state index in [9.17, 15) is 22.8 Å². The van der Waals surface area contributed by atoms with Crippen molar-refractivity contribution in [1.82, 2.24) is 10.4 Å². The van der Waals surface area contributed by atoms with Gasteiger partial charge in [-0.15, -0.1) is 0 Å². The van der Waals surface area contributed by atoms with E-state index in [1.165, 1.54) is 37.5 Å². The number of benzene rings is 2. The highest BCUT2D eigenvalue weighted by Crippen LogP contribution is 2.33. The van der Waals surface area contributed by atoms with Crippen LogP contribution in [0.4, 0.5) is 13.2 Å². The molecule has 1 aliphatic rings. The minimum Gasteiger partial charge on any atom is -0.497 e. The minimum absolute atomic E-state index is 0.0649. The Bertz CT molecular complexity index is 1000. The molecule has 1 saturated heterocycles. The number of hydrogen-bond donors (Lipinski definition) is 1. The second kappa shape index (κ2) is 8.26. The van der Waals surface area contributed by atoms with E-state index >= 15 is 0 Å². The Morgan fingerprint density at radius 1 is 1.21 bits per heavy atom. The van der Waals surface area contributed by atoms with Crippen molar-refractivity contribution in [1.29, 1.82) is 0 Å². The number of thiocarbonyl (C=S) groups is 1. The molecule has 0 radical (unpaired) electrons. The normalized spacial score (nSPS) is 15.7. The second-order valence-electron chi connectivity index (χ2n) is 5.81. The summed E-state index contributed by atoms with van der Waals surface area (Å²) < 4.78 is 43.7. The number of carbonyl (C=O) groups excluding carboxylic acids is 2. The van der Waals surface area contributed by atoms with Gasteiger partial charge in [0, 0.05) is 5.56 Å². The summed E-state index contributed by atoms with van der Waals surface area (Å²) in [4.78, 5) is 25.0. The summed E-state index contributed by atoms with van der Waals surface area (Å²) in [5.41, 5.74) is 2.06.